The minimum atomic E-state index is -0.110. The van der Waals surface area contributed by atoms with E-state index in [0.29, 0.717) is 34.9 Å². The normalized spacial score (nSPS) is 12.3. The van der Waals surface area contributed by atoms with E-state index in [1.165, 1.54) is 0 Å². The van der Waals surface area contributed by atoms with Crippen LogP contribution in [-0.2, 0) is 0 Å². The Bertz CT molecular complexity index is 449. The van der Waals surface area contributed by atoms with Crippen LogP contribution < -0.4 is 10.6 Å². The van der Waals surface area contributed by atoms with Crippen LogP contribution in [0.5, 0.6) is 0 Å². The largest absolute Gasteiger partial charge is 0.370 e. The number of nitrogens with zero attached hydrogens (tertiary/aromatic N) is 1. The molecule has 1 unspecified atom stereocenters. The van der Waals surface area contributed by atoms with Crippen LogP contribution in [0.25, 0.3) is 0 Å². The Balaban J connectivity index is 2.69. The molecule has 0 saturated carbocycles. The van der Waals surface area contributed by atoms with Crippen LogP contribution in [0.15, 0.2) is 12.1 Å². The lowest BCUT2D eigenvalue weighted by molar-refractivity contribution is 0.0945. The lowest BCUT2D eigenvalue weighted by Crippen LogP contribution is -2.30. The van der Waals surface area contributed by atoms with Crippen molar-refractivity contribution in [3.63, 3.8) is 0 Å². The number of nitrogens with one attached hydrogen (secondary N) is 2. The molecule has 0 aliphatic rings. The van der Waals surface area contributed by atoms with Gasteiger partial charge in [-0.15, -0.1) is 0 Å². The highest BCUT2D eigenvalue weighted by Crippen LogP contribution is 2.15. The first-order valence-electron chi connectivity index (χ1n) is 7.13. The Labute approximate surface area is 126 Å². The first-order chi connectivity index (χ1) is 9.43. The van der Waals surface area contributed by atoms with E-state index in [2.05, 4.69) is 43.3 Å². The molecular weight excluding hydrogens is 274 g/mol. The van der Waals surface area contributed by atoms with Crippen LogP contribution in [0.4, 0.5) is 5.82 Å². The fraction of sp³-hybridized carbons (Fsp3) is 0.600. The molecule has 2 N–H and O–H groups in total. The lowest BCUT2D eigenvalue weighted by Gasteiger charge is -2.16. The first kappa shape index (κ1) is 16.8. The van der Waals surface area contributed by atoms with Crippen LogP contribution in [0.3, 0.4) is 0 Å². The maximum atomic E-state index is 12.1. The van der Waals surface area contributed by atoms with Crippen molar-refractivity contribution in [3.8, 4) is 0 Å². The third-order valence-electron chi connectivity index (χ3n) is 3.34. The van der Waals surface area contributed by atoms with Gasteiger partial charge >= 0.3 is 0 Å². The molecule has 0 spiro atoms. The Hall–Kier alpha value is -1.29. The molecule has 0 fully saturated rings. The zero-order chi connectivity index (χ0) is 15.1. The van der Waals surface area contributed by atoms with E-state index >= 15 is 0 Å². The highest BCUT2D eigenvalue weighted by molar-refractivity contribution is 6.29. The van der Waals surface area contributed by atoms with Crippen LogP contribution in [0, 0.1) is 11.8 Å². The van der Waals surface area contributed by atoms with Gasteiger partial charge < -0.3 is 10.6 Å². The predicted octanol–water partition coefficient (Wildman–Crippen LogP) is 3.58. The average Bonchev–Trinajstić information content (AvgIpc) is 2.41. The highest BCUT2D eigenvalue weighted by Gasteiger charge is 2.12. The molecule has 1 amide bonds. The van der Waals surface area contributed by atoms with Crippen molar-refractivity contribution in [2.24, 2.45) is 11.8 Å². The van der Waals surface area contributed by atoms with Crippen molar-refractivity contribution in [2.75, 3.05) is 18.4 Å². The van der Waals surface area contributed by atoms with Gasteiger partial charge in [-0.2, -0.15) is 0 Å². The van der Waals surface area contributed by atoms with Gasteiger partial charge in [-0.25, -0.2) is 4.98 Å². The number of amides is 1. The van der Waals surface area contributed by atoms with E-state index in [-0.39, 0.29) is 5.91 Å². The smallest absolute Gasteiger partial charge is 0.251 e. The van der Waals surface area contributed by atoms with Crippen molar-refractivity contribution in [1.82, 2.24) is 10.3 Å². The summed E-state index contributed by atoms with van der Waals surface area (Å²) in [6.07, 6.45) is 0.988. The number of halogens is 1. The van der Waals surface area contributed by atoms with Crippen LogP contribution >= 0.6 is 11.6 Å². The second kappa shape index (κ2) is 8.10. The van der Waals surface area contributed by atoms with Gasteiger partial charge in [0, 0.05) is 18.7 Å². The van der Waals surface area contributed by atoms with Crippen molar-refractivity contribution in [3.05, 3.63) is 22.8 Å². The summed E-state index contributed by atoms with van der Waals surface area (Å²) in [6, 6.07) is 3.32. The molecule has 112 valence electrons. The molecule has 0 bridgehead atoms. The highest BCUT2D eigenvalue weighted by atomic mass is 35.5. The van der Waals surface area contributed by atoms with Gasteiger partial charge in [-0.1, -0.05) is 39.3 Å². The van der Waals surface area contributed by atoms with Gasteiger partial charge in [0.2, 0.25) is 0 Å². The van der Waals surface area contributed by atoms with E-state index in [1.54, 1.807) is 12.1 Å². The van der Waals surface area contributed by atoms with Crippen LogP contribution in [0.2, 0.25) is 5.15 Å². The Morgan fingerprint density at radius 2 is 2.05 bits per heavy atom. The molecule has 1 rings (SSSR count). The minimum Gasteiger partial charge on any atom is -0.370 e. The summed E-state index contributed by atoms with van der Waals surface area (Å²) >= 11 is 5.96. The zero-order valence-electron chi connectivity index (χ0n) is 12.7. The zero-order valence-corrected chi connectivity index (χ0v) is 13.4. The number of carbonyl (C=O) groups is 1. The second-order valence-corrected chi connectivity index (χ2v) is 5.81. The third-order valence-corrected chi connectivity index (χ3v) is 3.53. The molecule has 4 nitrogen and oxygen atoms in total. The number of anilines is 1. The average molecular weight is 298 g/mol. The molecule has 1 atom stereocenters. The number of pyridine rings is 1. The number of aromatic nitrogens is 1. The Kier molecular flexibility index (Phi) is 6.79. The molecule has 0 aliphatic carbocycles. The van der Waals surface area contributed by atoms with Gasteiger partial charge in [0.05, 0.1) is 0 Å². The SMILES string of the molecule is CCCNc1cc(C(=O)NCC(C)C(C)C)cc(Cl)n1. The second-order valence-electron chi connectivity index (χ2n) is 5.42. The maximum absolute atomic E-state index is 12.1. The maximum Gasteiger partial charge on any atom is 0.251 e. The molecule has 20 heavy (non-hydrogen) atoms. The lowest BCUT2D eigenvalue weighted by atomic mass is 9.98. The molecule has 1 aromatic rings. The number of hydrogen-bond donors (Lipinski definition) is 2. The molecule has 1 aromatic heterocycles. The number of hydrogen-bond acceptors (Lipinski definition) is 3. The topological polar surface area (TPSA) is 54.0 Å². The fourth-order valence-electron chi connectivity index (χ4n) is 1.56. The summed E-state index contributed by atoms with van der Waals surface area (Å²) in [5.74, 6) is 1.51. The van der Waals surface area contributed by atoms with E-state index in [9.17, 15) is 4.79 Å². The molecular formula is C15H24ClN3O. The molecule has 0 aromatic carbocycles. The van der Waals surface area contributed by atoms with E-state index < -0.39 is 0 Å². The molecule has 0 saturated heterocycles. The van der Waals surface area contributed by atoms with E-state index in [1.807, 2.05) is 0 Å². The summed E-state index contributed by atoms with van der Waals surface area (Å²) in [7, 11) is 0. The number of rotatable bonds is 7. The first-order valence-corrected chi connectivity index (χ1v) is 7.51. The van der Waals surface area contributed by atoms with Gasteiger partial charge in [0.25, 0.3) is 5.91 Å². The van der Waals surface area contributed by atoms with Gasteiger partial charge in [0.15, 0.2) is 0 Å². The van der Waals surface area contributed by atoms with Crippen LogP contribution in [0.1, 0.15) is 44.5 Å². The standard InChI is InChI=1S/C15H24ClN3O/c1-5-6-17-14-8-12(7-13(16)19-14)15(20)18-9-11(4)10(2)3/h7-8,10-11H,5-6,9H2,1-4H3,(H,17,19)(H,18,20). The van der Waals surface area contributed by atoms with E-state index in [4.69, 9.17) is 11.6 Å². The van der Waals surface area contributed by atoms with Crippen molar-refractivity contribution >= 4 is 23.3 Å². The number of carbonyl (C=O) groups excluding carboxylic acids is 1. The van der Waals surface area contributed by atoms with Crippen molar-refractivity contribution < 1.29 is 4.79 Å². The Morgan fingerprint density at radius 1 is 1.35 bits per heavy atom. The summed E-state index contributed by atoms with van der Waals surface area (Å²) < 4.78 is 0. The fourth-order valence-corrected chi connectivity index (χ4v) is 1.77. The van der Waals surface area contributed by atoms with Crippen molar-refractivity contribution in [2.45, 2.75) is 34.1 Å². The van der Waals surface area contributed by atoms with Gasteiger partial charge in [-0.05, 0) is 30.4 Å². The monoisotopic (exact) mass is 297 g/mol. The quantitative estimate of drug-likeness (QED) is 0.756. The predicted molar refractivity (Wildman–Crippen MR) is 84.4 cm³/mol. The summed E-state index contributed by atoms with van der Waals surface area (Å²) in [5, 5.41) is 6.40. The molecule has 5 heteroatoms. The summed E-state index contributed by atoms with van der Waals surface area (Å²) in [4.78, 5) is 16.3. The summed E-state index contributed by atoms with van der Waals surface area (Å²) in [6.45, 7) is 9.95. The Morgan fingerprint density at radius 3 is 2.65 bits per heavy atom. The molecule has 0 aliphatic heterocycles. The van der Waals surface area contributed by atoms with Crippen LogP contribution in [-0.4, -0.2) is 24.0 Å². The minimum absolute atomic E-state index is 0.110. The molecule has 1 heterocycles. The van der Waals surface area contributed by atoms with E-state index in [0.717, 1.165) is 13.0 Å². The molecule has 0 radical (unpaired) electrons. The van der Waals surface area contributed by atoms with Gasteiger partial charge in [-0.3, -0.25) is 4.79 Å². The van der Waals surface area contributed by atoms with Crippen molar-refractivity contribution in [1.29, 1.82) is 0 Å². The third kappa shape index (κ3) is 5.37. The summed E-state index contributed by atoms with van der Waals surface area (Å²) in [5.41, 5.74) is 0.541. The van der Waals surface area contributed by atoms with Gasteiger partial charge in [0.1, 0.15) is 11.0 Å².